The number of nitrogens with two attached hydrogens (primary N) is 1. The fourth-order valence-electron chi connectivity index (χ4n) is 1.50. The van der Waals surface area contributed by atoms with E-state index in [9.17, 15) is 4.39 Å². The van der Waals surface area contributed by atoms with Crippen LogP contribution in [0.2, 0.25) is 0 Å². The Bertz CT molecular complexity index is 395. The maximum Gasteiger partial charge on any atom is 0.127 e. The Morgan fingerprint density at radius 2 is 2.12 bits per heavy atom. The topological polar surface area (TPSA) is 35.2 Å². The molecule has 0 aliphatic carbocycles. The second-order valence-electron chi connectivity index (χ2n) is 4.57. The molecule has 0 amide bonds. The molecule has 1 aromatic carbocycles. The highest BCUT2D eigenvalue weighted by molar-refractivity contribution is 5.30. The summed E-state index contributed by atoms with van der Waals surface area (Å²) in [6.45, 7) is 6.35. The van der Waals surface area contributed by atoms with Crippen LogP contribution in [-0.4, -0.2) is 12.6 Å². The van der Waals surface area contributed by atoms with Gasteiger partial charge in [0.1, 0.15) is 18.2 Å². The maximum absolute atomic E-state index is 13.3. The highest BCUT2D eigenvalue weighted by Gasteiger charge is 2.03. The van der Waals surface area contributed by atoms with Gasteiger partial charge in [0.25, 0.3) is 0 Å². The molecule has 0 aliphatic rings. The van der Waals surface area contributed by atoms with Gasteiger partial charge in [-0.25, -0.2) is 4.39 Å². The van der Waals surface area contributed by atoms with Gasteiger partial charge in [0.2, 0.25) is 0 Å². The van der Waals surface area contributed by atoms with Crippen molar-refractivity contribution in [2.24, 2.45) is 5.73 Å². The second kappa shape index (κ2) is 6.40. The standard InChI is InChI=1S/C14H20FNO/c1-10(2)4-5-17-14-8-12(6-11(3)16)7-13(15)9-14/h4,7-9,11H,5-6,16H2,1-3H3. The summed E-state index contributed by atoms with van der Waals surface area (Å²) in [7, 11) is 0. The number of hydrogen-bond donors (Lipinski definition) is 1. The average molecular weight is 237 g/mol. The fraction of sp³-hybridized carbons (Fsp3) is 0.429. The van der Waals surface area contributed by atoms with Crippen molar-refractivity contribution >= 4 is 0 Å². The molecule has 0 aromatic heterocycles. The zero-order valence-electron chi connectivity index (χ0n) is 10.7. The molecule has 0 aliphatic heterocycles. The lowest BCUT2D eigenvalue weighted by molar-refractivity contribution is 0.359. The second-order valence-corrected chi connectivity index (χ2v) is 4.57. The molecule has 0 heterocycles. The summed E-state index contributed by atoms with van der Waals surface area (Å²) in [5.74, 6) is 0.272. The van der Waals surface area contributed by atoms with Crippen molar-refractivity contribution in [2.45, 2.75) is 33.2 Å². The van der Waals surface area contributed by atoms with Crippen molar-refractivity contribution < 1.29 is 9.13 Å². The number of benzene rings is 1. The van der Waals surface area contributed by atoms with Crippen LogP contribution in [-0.2, 0) is 6.42 Å². The number of rotatable bonds is 5. The van der Waals surface area contributed by atoms with Crippen LogP contribution in [0.1, 0.15) is 26.3 Å². The van der Waals surface area contributed by atoms with Gasteiger partial charge >= 0.3 is 0 Å². The molecule has 0 fully saturated rings. The molecular weight excluding hydrogens is 217 g/mol. The molecule has 0 radical (unpaired) electrons. The van der Waals surface area contributed by atoms with E-state index in [-0.39, 0.29) is 11.9 Å². The molecule has 17 heavy (non-hydrogen) atoms. The highest BCUT2D eigenvalue weighted by atomic mass is 19.1. The van der Waals surface area contributed by atoms with Crippen LogP contribution in [0.15, 0.2) is 29.8 Å². The first-order chi connectivity index (χ1) is 7.97. The Kier molecular flexibility index (Phi) is 5.16. The van der Waals surface area contributed by atoms with Crippen molar-refractivity contribution in [3.05, 3.63) is 41.2 Å². The third kappa shape index (κ3) is 5.50. The highest BCUT2D eigenvalue weighted by Crippen LogP contribution is 2.17. The van der Waals surface area contributed by atoms with Crippen LogP contribution in [0.4, 0.5) is 4.39 Å². The SMILES string of the molecule is CC(C)=CCOc1cc(F)cc(CC(C)N)c1. The quantitative estimate of drug-likeness (QED) is 0.799. The summed E-state index contributed by atoms with van der Waals surface area (Å²) in [5, 5.41) is 0. The van der Waals surface area contributed by atoms with Gasteiger partial charge in [-0.2, -0.15) is 0 Å². The van der Waals surface area contributed by atoms with Gasteiger partial charge in [-0.3, -0.25) is 0 Å². The van der Waals surface area contributed by atoms with Gasteiger partial charge in [0.15, 0.2) is 0 Å². The van der Waals surface area contributed by atoms with E-state index in [0.29, 0.717) is 18.8 Å². The van der Waals surface area contributed by atoms with Gasteiger partial charge in [0.05, 0.1) is 0 Å². The van der Waals surface area contributed by atoms with Crippen molar-refractivity contribution in [3.8, 4) is 5.75 Å². The monoisotopic (exact) mass is 237 g/mol. The van der Waals surface area contributed by atoms with Crippen LogP contribution < -0.4 is 10.5 Å². The Labute approximate surface area is 102 Å². The van der Waals surface area contributed by atoms with E-state index in [1.54, 1.807) is 0 Å². The lowest BCUT2D eigenvalue weighted by Crippen LogP contribution is -2.17. The molecule has 1 aromatic rings. The third-order valence-corrected chi connectivity index (χ3v) is 2.23. The van der Waals surface area contributed by atoms with Crippen molar-refractivity contribution in [1.82, 2.24) is 0 Å². The minimum absolute atomic E-state index is 0.0161. The predicted octanol–water partition coefficient (Wildman–Crippen LogP) is 3.06. The van der Waals surface area contributed by atoms with Gasteiger partial charge in [-0.1, -0.05) is 5.57 Å². The normalized spacial score (nSPS) is 12.1. The summed E-state index contributed by atoms with van der Waals surface area (Å²) >= 11 is 0. The van der Waals surface area contributed by atoms with Crippen LogP contribution >= 0.6 is 0 Å². The Balaban J connectivity index is 2.72. The Hall–Kier alpha value is -1.35. The van der Waals surface area contributed by atoms with E-state index in [0.717, 1.165) is 5.56 Å². The van der Waals surface area contributed by atoms with E-state index in [2.05, 4.69) is 0 Å². The molecule has 3 heteroatoms. The van der Waals surface area contributed by atoms with Gasteiger partial charge < -0.3 is 10.5 Å². The lowest BCUT2D eigenvalue weighted by Gasteiger charge is -2.09. The molecule has 0 spiro atoms. The Morgan fingerprint density at radius 1 is 1.41 bits per heavy atom. The smallest absolute Gasteiger partial charge is 0.127 e. The number of ether oxygens (including phenoxy) is 1. The number of halogens is 1. The molecule has 1 unspecified atom stereocenters. The molecule has 94 valence electrons. The molecule has 2 nitrogen and oxygen atoms in total. The zero-order chi connectivity index (χ0) is 12.8. The summed E-state index contributed by atoms with van der Waals surface area (Å²) in [5.41, 5.74) is 7.74. The van der Waals surface area contributed by atoms with Crippen LogP contribution in [0, 0.1) is 5.82 Å². The Morgan fingerprint density at radius 3 is 2.71 bits per heavy atom. The van der Waals surface area contributed by atoms with Gasteiger partial charge in [-0.15, -0.1) is 0 Å². The summed E-state index contributed by atoms with van der Waals surface area (Å²) in [6.07, 6.45) is 2.60. The van der Waals surface area contributed by atoms with Crippen molar-refractivity contribution in [2.75, 3.05) is 6.61 Å². The summed E-state index contributed by atoms with van der Waals surface area (Å²) in [6, 6.07) is 4.74. The van der Waals surface area contributed by atoms with E-state index in [1.807, 2.05) is 32.9 Å². The van der Waals surface area contributed by atoms with Crippen molar-refractivity contribution in [1.29, 1.82) is 0 Å². The van der Waals surface area contributed by atoms with Gasteiger partial charge in [0, 0.05) is 12.1 Å². The number of allylic oxidation sites excluding steroid dienone is 1. The van der Waals surface area contributed by atoms with Crippen molar-refractivity contribution in [3.63, 3.8) is 0 Å². The molecule has 0 bridgehead atoms. The fourth-order valence-corrected chi connectivity index (χ4v) is 1.50. The zero-order valence-corrected chi connectivity index (χ0v) is 10.7. The van der Waals surface area contributed by atoms with E-state index in [4.69, 9.17) is 10.5 Å². The van der Waals surface area contributed by atoms with E-state index < -0.39 is 0 Å². The molecule has 0 saturated carbocycles. The van der Waals surface area contributed by atoms with Gasteiger partial charge in [-0.05, 0) is 51.0 Å². The van der Waals surface area contributed by atoms with E-state index in [1.165, 1.54) is 17.7 Å². The summed E-state index contributed by atoms with van der Waals surface area (Å²) < 4.78 is 18.8. The largest absolute Gasteiger partial charge is 0.489 e. The molecule has 2 N–H and O–H groups in total. The minimum Gasteiger partial charge on any atom is -0.489 e. The maximum atomic E-state index is 13.3. The number of hydrogen-bond acceptors (Lipinski definition) is 2. The minimum atomic E-state index is -0.282. The lowest BCUT2D eigenvalue weighted by atomic mass is 10.1. The molecular formula is C14H20FNO. The molecule has 1 atom stereocenters. The first-order valence-electron chi connectivity index (χ1n) is 5.78. The third-order valence-electron chi connectivity index (χ3n) is 2.23. The van der Waals surface area contributed by atoms with E-state index >= 15 is 0 Å². The first-order valence-corrected chi connectivity index (χ1v) is 5.78. The van der Waals surface area contributed by atoms with Crippen LogP contribution in [0.3, 0.4) is 0 Å². The molecule has 1 rings (SSSR count). The molecule has 0 saturated heterocycles. The van der Waals surface area contributed by atoms with Crippen LogP contribution in [0.5, 0.6) is 5.75 Å². The van der Waals surface area contributed by atoms with Crippen LogP contribution in [0.25, 0.3) is 0 Å². The predicted molar refractivity (Wildman–Crippen MR) is 68.7 cm³/mol. The first kappa shape index (κ1) is 13.7. The average Bonchev–Trinajstić information content (AvgIpc) is 2.14. The summed E-state index contributed by atoms with van der Waals surface area (Å²) in [4.78, 5) is 0.